The lowest BCUT2D eigenvalue weighted by molar-refractivity contribution is -0.139. The molecule has 15 heteroatoms. The van der Waals surface area contributed by atoms with Gasteiger partial charge in [0, 0.05) is 24.4 Å². The number of aliphatic carboxylic acids is 1. The fourth-order valence-electron chi connectivity index (χ4n) is 6.67. The van der Waals surface area contributed by atoms with Crippen LogP contribution in [0.1, 0.15) is 66.0 Å². The molecular weight excluding hydrogens is 689 g/mol. The first-order valence-electron chi connectivity index (χ1n) is 16.4. The molecule has 274 valence electrons. The van der Waals surface area contributed by atoms with Crippen LogP contribution in [0.25, 0.3) is 11.1 Å². The van der Waals surface area contributed by atoms with Gasteiger partial charge < -0.3 is 25.2 Å². The maximum Gasteiger partial charge on any atom is 0.408 e. The zero-order chi connectivity index (χ0) is 37.3. The number of carbonyl (C=O) groups is 2. The second kappa shape index (κ2) is 14.4. The summed E-state index contributed by atoms with van der Waals surface area (Å²) in [6.45, 7) is 6.84. The number of alkyl carbamates (subject to hydrolysis) is 1. The van der Waals surface area contributed by atoms with E-state index in [2.05, 4.69) is 20.3 Å². The van der Waals surface area contributed by atoms with Crippen molar-refractivity contribution < 1.29 is 45.8 Å². The molecule has 0 bridgehead atoms. The van der Waals surface area contributed by atoms with Crippen LogP contribution in [-0.2, 0) is 26.0 Å². The molecule has 3 aromatic carbocycles. The van der Waals surface area contributed by atoms with Crippen molar-refractivity contribution in [3.8, 4) is 16.9 Å². The van der Waals surface area contributed by atoms with Gasteiger partial charge in [-0.05, 0) is 86.4 Å². The van der Waals surface area contributed by atoms with Crippen LogP contribution in [-0.4, -0.2) is 69.1 Å². The van der Waals surface area contributed by atoms with Gasteiger partial charge in [-0.1, -0.05) is 48.5 Å². The van der Waals surface area contributed by atoms with Gasteiger partial charge in [0.1, 0.15) is 30.5 Å². The summed E-state index contributed by atoms with van der Waals surface area (Å²) in [5, 5.41) is 14.7. The van der Waals surface area contributed by atoms with E-state index >= 15 is 0 Å². The number of fused-ring (bicyclic) bond motifs is 4. The first-order chi connectivity index (χ1) is 23.9. The second-order valence-electron chi connectivity index (χ2n) is 13.4. The van der Waals surface area contributed by atoms with E-state index in [1.807, 2.05) is 62.4 Å². The van der Waals surface area contributed by atoms with E-state index in [0.717, 1.165) is 22.3 Å². The van der Waals surface area contributed by atoms with Crippen molar-refractivity contribution in [1.82, 2.24) is 15.4 Å². The summed E-state index contributed by atoms with van der Waals surface area (Å²) in [6, 6.07) is 14.1. The van der Waals surface area contributed by atoms with E-state index in [-0.39, 0.29) is 36.8 Å². The van der Waals surface area contributed by atoms with Gasteiger partial charge in [-0.15, -0.1) is 0 Å². The van der Waals surface area contributed by atoms with Gasteiger partial charge in [0.05, 0.1) is 4.90 Å². The number of sulfonamides is 1. The molecule has 3 aromatic rings. The molecule has 2 aliphatic rings. The number of benzene rings is 3. The number of amides is 1. The SMILES string of the molecule is Cc1c(C)c(S(=O)(=O)NC(=NCC(F)(F)F)NCCCC(NC(=O)OCC2c3ccccc3-c3ccccc32)C(=O)O)c(C)c2c1OC(C)(C)C2. The summed E-state index contributed by atoms with van der Waals surface area (Å²) in [4.78, 5) is 28.0. The van der Waals surface area contributed by atoms with Gasteiger partial charge in [-0.25, -0.2) is 27.7 Å². The van der Waals surface area contributed by atoms with Crippen molar-refractivity contribution >= 4 is 28.0 Å². The highest BCUT2D eigenvalue weighted by atomic mass is 32.2. The molecule has 0 radical (unpaired) electrons. The molecular formula is C36H41F3N4O7S. The number of carboxylic acid groups (broad SMARTS) is 1. The van der Waals surface area contributed by atoms with Crippen molar-refractivity contribution in [2.24, 2.45) is 4.99 Å². The molecule has 0 saturated heterocycles. The van der Waals surface area contributed by atoms with Crippen molar-refractivity contribution in [2.75, 3.05) is 19.7 Å². The zero-order valence-corrected chi connectivity index (χ0v) is 29.7. The Morgan fingerprint density at radius 1 is 1.02 bits per heavy atom. The van der Waals surface area contributed by atoms with Crippen molar-refractivity contribution in [2.45, 2.75) is 82.5 Å². The predicted octanol–water partition coefficient (Wildman–Crippen LogP) is 5.88. The van der Waals surface area contributed by atoms with E-state index in [4.69, 9.17) is 9.47 Å². The normalized spacial score (nSPS) is 15.6. The van der Waals surface area contributed by atoms with Crippen LogP contribution in [0.4, 0.5) is 18.0 Å². The third-order valence-electron chi connectivity index (χ3n) is 9.10. The largest absolute Gasteiger partial charge is 0.487 e. The van der Waals surface area contributed by atoms with Crippen LogP contribution in [0.5, 0.6) is 5.75 Å². The lowest BCUT2D eigenvalue weighted by atomic mass is 9.94. The summed E-state index contributed by atoms with van der Waals surface area (Å²) in [6.07, 6.45) is -5.36. The Morgan fingerprint density at radius 3 is 2.22 bits per heavy atom. The van der Waals surface area contributed by atoms with E-state index in [9.17, 15) is 36.3 Å². The maximum absolute atomic E-state index is 13.7. The lowest BCUT2D eigenvalue weighted by Gasteiger charge is -2.20. The minimum absolute atomic E-state index is 0.00974. The quantitative estimate of drug-likeness (QED) is 0.108. The van der Waals surface area contributed by atoms with E-state index in [1.54, 1.807) is 20.8 Å². The van der Waals surface area contributed by atoms with Crippen LogP contribution in [0.3, 0.4) is 0 Å². The summed E-state index contributed by atoms with van der Waals surface area (Å²) < 4.78 is 80.5. The lowest BCUT2D eigenvalue weighted by Crippen LogP contribution is -2.44. The van der Waals surface area contributed by atoms with Gasteiger partial charge in [0.2, 0.25) is 5.96 Å². The Kier molecular flexibility index (Phi) is 10.6. The molecule has 1 amide bonds. The van der Waals surface area contributed by atoms with Gasteiger partial charge in [0.15, 0.2) is 0 Å². The van der Waals surface area contributed by atoms with Gasteiger partial charge in [-0.2, -0.15) is 13.2 Å². The number of rotatable bonds is 11. The minimum atomic E-state index is -4.72. The molecule has 0 saturated carbocycles. The van der Waals surface area contributed by atoms with Crippen LogP contribution < -0.4 is 20.1 Å². The third kappa shape index (κ3) is 8.41. The molecule has 0 aromatic heterocycles. The fourth-order valence-corrected chi connectivity index (χ4v) is 8.25. The number of guanidine groups is 1. The average Bonchev–Trinajstić information content (AvgIpc) is 3.56. The molecule has 11 nitrogen and oxygen atoms in total. The number of aliphatic imine (C=N–C) groups is 1. The number of nitrogens with zero attached hydrogens (tertiary/aromatic N) is 1. The van der Waals surface area contributed by atoms with Gasteiger partial charge in [0.25, 0.3) is 10.0 Å². The van der Waals surface area contributed by atoms with E-state index in [0.29, 0.717) is 34.4 Å². The molecule has 1 unspecified atom stereocenters. The van der Waals surface area contributed by atoms with Crippen molar-refractivity contribution in [3.63, 3.8) is 0 Å². The number of nitrogens with one attached hydrogen (secondary N) is 3. The Balaban J connectivity index is 1.21. The van der Waals surface area contributed by atoms with Crippen LogP contribution in [0, 0.1) is 20.8 Å². The van der Waals surface area contributed by atoms with E-state index in [1.165, 1.54) is 0 Å². The molecule has 4 N–H and O–H groups in total. The van der Waals surface area contributed by atoms with E-state index < -0.39 is 52.4 Å². The Hall–Kier alpha value is -4.79. The second-order valence-corrected chi connectivity index (χ2v) is 15.0. The van der Waals surface area contributed by atoms with Gasteiger partial charge in [-0.3, -0.25) is 0 Å². The summed E-state index contributed by atoms with van der Waals surface area (Å²) >= 11 is 0. The number of ether oxygens (including phenoxy) is 2. The number of halogens is 3. The molecule has 1 aliphatic heterocycles. The molecule has 0 fully saturated rings. The van der Waals surface area contributed by atoms with Crippen molar-refractivity contribution in [1.29, 1.82) is 0 Å². The first-order valence-corrected chi connectivity index (χ1v) is 17.9. The molecule has 1 atom stereocenters. The molecule has 1 heterocycles. The highest BCUT2D eigenvalue weighted by Gasteiger charge is 2.37. The third-order valence-corrected chi connectivity index (χ3v) is 10.7. The molecule has 0 spiro atoms. The monoisotopic (exact) mass is 730 g/mol. The van der Waals surface area contributed by atoms with Gasteiger partial charge >= 0.3 is 18.2 Å². The zero-order valence-electron chi connectivity index (χ0n) is 28.9. The highest BCUT2D eigenvalue weighted by molar-refractivity contribution is 7.90. The Labute approximate surface area is 294 Å². The van der Waals surface area contributed by atoms with Crippen LogP contribution >= 0.6 is 0 Å². The van der Waals surface area contributed by atoms with Crippen LogP contribution in [0.2, 0.25) is 0 Å². The Morgan fingerprint density at radius 2 is 1.63 bits per heavy atom. The standard InChI is InChI=1S/C36H41F3N4O7S/c1-20-21(2)31(22(3)27-17-35(4,5)50-30(20)27)51(47,48)43-33(41-19-36(37,38)39)40-16-10-15-29(32(44)45)42-34(46)49-18-28-25-13-8-6-11-23(25)24-12-7-9-14-26(24)28/h6-9,11-14,28-29H,10,15-19H2,1-5H3,(H,42,46)(H,44,45)(H2,40,41,43). The van der Waals surface area contributed by atoms with Crippen LogP contribution in [0.15, 0.2) is 58.4 Å². The smallest absolute Gasteiger partial charge is 0.408 e. The summed E-state index contributed by atoms with van der Waals surface area (Å²) in [7, 11) is -4.44. The number of carboxylic acids is 1. The average molecular weight is 731 g/mol. The molecule has 1 aliphatic carbocycles. The topological polar surface area (TPSA) is 155 Å². The number of alkyl halides is 3. The minimum Gasteiger partial charge on any atom is -0.487 e. The highest BCUT2D eigenvalue weighted by Crippen LogP contribution is 2.45. The first kappa shape index (κ1) is 37.5. The number of carbonyl (C=O) groups excluding carboxylic acids is 1. The fraction of sp³-hybridized carbons (Fsp3) is 0.417. The van der Waals surface area contributed by atoms with Crippen molar-refractivity contribution in [3.05, 3.63) is 81.9 Å². The molecule has 51 heavy (non-hydrogen) atoms. The Bertz CT molecular complexity index is 1930. The molecule has 5 rings (SSSR count). The summed E-state index contributed by atoms with van der Waals surface area (Å²) in [5.74, 6) is -1.64. The number of hydrogen-bond acceptors (Lipinski definition) is 7. The summed E-state index contributed by atoms with van der Waals surface area (Å²) in [5.41, 5.74) is 5.59. The predicted molar refractivity (Wildman–Crippen MR) is 185 cm³/mol. The maximum atomic E-state index is 13.7. The number of hydrogen-bond donors (Lipinski definition) is 4.